The van der Waals surface area contributed by atoms with E-state index < -0.39 is 0 Å². The van der Waals surface area contributed by atoms with Crippen LogP contribution in [-0.4, -0.2) is 80.6 Å². The zero-order valence-electron chi connectivity index (χ0n) is 21.7. The highest BCUT2D eigenvalue weighted by Crippen LogP contribution is 2.28. The molecule has 1 aliphatic heterocycles. The first kappa shape index (κ1) is 27.0. The topological polar surface area (TPSA) is 97.4 Å². The van der Waals surface area contributed by atoms with E-state index in [1.165, 1.54) is 14.0 Å². The number of hydrogen-bond donors (Lipinski definition) is 1. The van der Waals surface area contributed by atoms with Gasteiger partial charge in [0, 0.05) is 51.8 Å². The molecule has 3 rings (SSSR count). The van der Waals surface area contributed by atoms with Crippen LogP contribution in [0.3, 0.4) is 0 Å². The quantitative estimate of drug-likeness (QED) is 0.696. The summed E-state index contributed by atoms with van der Waals surface area (Å²) in [6, 6.07) is 11.6. The molecule has 0 unspecified atom stereocenters. The van der Waals surface area contributed by atoms with Crippen LogP contribution >= 0.6 is 0 Å². The summed E-state index contributed by atoms with van der Waals surface area (Å²) in [6.07, 6.45) is -0.254. The van der Waals surface area contributed by atoms with Gasteiger partial charge in [-0.2, -0.15) is 0 Å². The molecule has 0 aromatic heterocycles. The highest BCUT2D eigenvalue weighted by molar-refractivity contribution is 6.06. The molecule has 194 valence electrons. The lowest BCUT2D eigenvalue weighted by molar-refractivity contribution is -0.133. The number of likely N-dealkylation sites (N-methyl/N-ethyl adjacent to an activating group) is 1. The minimum atomic E-state index is -0.350. The zero-order chi connectivity index (χ0) is 26.4. The average molecular weight is 498 g/mol. The molecule has 0 fully saturated rings. The van der Waals surface area contributed by atoms with Crippen LogP contribution in [0.25, 0.3) is 0 Å². The van der Waals surface area contributed by atoms with Gasteiger partial charge >= 0.3 is 0 Å². The van der Waals surface area contributed by atoms with Crippen molar-refractivity contribution in [1.29, 1.82) is 0 Å². The molecule has 0 aliphatic carbocycles. The standard InChI is InChI=1S/C27H35N3O6/c1-17-14-30(19(3)31)18(2)16-36-24-13-20(28-26(32)21-9-7-8-10-23(21)34-5)11-12-22(24)27(33)29(4)15-25(17)35-6/h7-13,17-18,25H,14-16H2,1-6H3,(H,28,32)/t17-,18+,25+/m1/s1. The minimum Gasteiger partial charge on any atom is -0.496 e. The van der Waals surface area contributed by atoms with Gasteiger partial charge in [0.25, 0.3) is 11.8 Å². The van der Waals surface area contributed by atoms with Gasteiger partial charge in [-0.05, 0) is 31.2 Å². The summed E-state index contributed by atoms with van der Waals surface area (Å²) >= 11 is 0. The molecule has 0 bridgehead atoms. The number of nitrogens with zero attached hydrogens (tertiary/aromatic N) is 2. The summed E-state index contributed by atoms with van der Waals surface area (Å²) in [7, 11) is 4.82. The second-order valence-corrected chi connectivity index (χ2v) is 9.13. The third kappa shape index (κ3) is 6.15. The summed E-state index contributed by atoms with van der Waals surface area (Å²) < 4.78 is 17.1. The number of para-hydroxylation sites is 1. The largest absolute Gasteiger partial charge is 0.496 e. The van der Waals surface area contributed by atoms with Crippen molar-refractivity contribution in [3.05, 3.63) is 53.6 Å². The molecule has 0 saturated carbocycles. The molecule has 1 aliphatic rings. The predicted molar refractivity (Wildman–Crippen MR) is 137 cm³/mol. The number of fused-ring (bicyclic) bond motifs is 1. The van der Waals surface area contributed by atoms with Gasteiger partial charge in [0.2, 0.25) is 5.91 Å². The van der Waals surface area contributed by atoms with Crippen LogP contribution in [-0.2, 0) is 9.53 Å². The highest BCUT2D eigenvalue weighted by Gasteiger charge is 2.29. The Hall–Kier alpha value is -3.59. The number of carbonyl (C=O) groups excluding carboxylic acids is 3. The molecule has 36 heavy (non-hydrogen) atoms. The molecule has 1 N–H and O–H groups in total. The minimum absolute atomic E-state index is 0.00284. The molecule has 9 heteroatoms. The van der Waals surface area contributed by atoms with Crippen molar-refractivity contribution in [2.75, 3.05) is 46.3 Å². The number of carbonyl (C=O) groups is 3. The van der Waals surface area contributed by atoms with E-state index >= 15 is 0 Å². The molecule has 0 saturated heterocycles. The van der Waals surface area contributed by atoms with Gasteiger partial charge in [0.1, 0.15) is 18.1 Å². The number of anilines is 1. The smallest absolute Gasteiger partial charge is 0.259 e. The normalized spacial score (nSPS) is 20.9. The Morgan fingerprint density at radius 1 is 1.08 bits per heavy atom. The first-order chi connectivity index (χ1) is 17.2. The van der Waals surface area contributed by atoms with Gasteiger partial charge in [0.05, 0.1) is 30.4 Å². The highest BCUT2D eigenvalue weighted by atomic mass is 16.5. The van der Waals surface area contributed by atoms with Crippen molar-refractivity contribution in [3.63, 3.8) is 0 Å². The van der Waals surface area contributed by atoms with Crippen molar-refractivity contribution in [2.45, 2.75) is 32.9 Å². The predicted octanol–water partition coefficient (Wildman–Crippen LogP) is 3.30. The lowest BCUT2D eigenvalue weighted by Crippen LogP contribution is -2.48. The van der Waals surface area contributed by atoms with Crippen LogP contribution in [0.1, 0.15) is 41.5 Å². The second-order valence-electron chi connectivity index (χ2n) is 9.13. The van der Waals surface area contributed by atoms with Gasteiger partial charge in [-0.25, -0.2) is 0 Å². The van der Waals surface area contributed by atoms with E-state index in [0.717, 1.165) is 0 Å². The van der Waals surface area contributed by atoms with Gasteiger partial charge in [-0.3, -0.25) is 14.4 Å². The van der Waals surface area contributed by atoms with E-state index in [-0.39, 0.29) is 42.4 Å². The van der Waals surface area contributed by atoms with Gasteiger partial charge in [0.15, 0.2) is 0 Å². The van der Waals surface area contributed by atoms with Crippen molar-refractivity contribution in [2.24, 2.45) is 5.92 Å². The maximum Gasteiger partial charge on any atom is 0.259 e. The summed E-state index contributed by atoms with van der Waals surface area (Å²) in [4.78, 5) is 42.0. The number of rotatable bonds is 4. The lowest BCUT2D eigenvalue weighted by Gasteiger charge is -2.35. The summed E-state index contributed by atoms with van der Waals surface area (Å²) in [5.41, 5.74) is 1.21. The summed E-state index contributed by atoms with van der Waals surface area (Å²) in [5, 5.41) is 2.85. The Labute approximate surface area is 212 Å². The zero-order valence-corrected chi connectivity index (χ0v) is 21.7. The van der Waals surface area contributed by atoms with E-state index in [4.69, 9.17) is 14.2 Å². The summed E-state index contributed by atoms with van der Waals surface area (Å²) in [5.74, 6) is 0.142. The van der Waals surface area contributed by atoms with Gasteiger partial charge < -0.3 is 29.3 Å². The average Bonchev–Trinajstić information content (AvgIpc) is 2.87. The van der Waals surface area contributed by atoms with Gasteiger partial charge in [-0.15, -0.1) is 0 Å². The van der Waals surface area contributed by atoms with Crippen LogP contribution in [0.5, 0.6) is 11.5 Å². The molecule has 1 heterocycles. The molecule has 2 aromatic rings. The monoisotopic (exact) mass is 497 g/mol. The Balaban J connectivity index is 1.95. The van der Waals surface area contributed by atoms with E-state index in [1.807, 2.05) is 13.8 Å². The number of hydrogen-bond acceptors (Lipinski definition) is 6. The van der Waals surface area contributed by atoms with Crippen LogP contribution in [0.4, 0.5) is 5.69 Å². The maximum absolute atomic E-state index is 13.3. The van der Waals surface area contributed by atoms with Crippen LogP contribution in [0.15, 0.2) is 42.5 Å². The molecule has 9 nitrogen and oxygen atoms in total. The van der Waals surface area contributed by atoms with Crippen LogP contribution in [0, 0.1) is 5.92 Å². The molecule has 0 spiro atoms. The molecular formula is C27H35N3O6. The Morgan fingerprint density at radius 3 is 2.47 bits per heavy atom. The third-order valence-corrected chi connectivity index (χ3v) is 6.46. The molecule has 3 amide bonds. The summed E-state index contributed by atoms with van der Waals surface area (Å²) in [6.45, 7) is 6.45. The molecule has 0 radical (unpaired) electrons. The van der Waals surface area contributed by atoms with E-state index in [0.29, 0.717) is 41.4 Å². The Kier molecular flexibility index (Phi) is 8.93. The van der Waals surface area contributed by atoms with E-state index in [2.05, 4.69) is 5.32 Å². The number of methoxy groups -OCH3 is 2. The number of benzene rings is 2. The third-order valence-electron chi connectivity index (χ3n) is 6.46. The SMILES string of the molecule is COc1ccccc1C(=O)Nc1ccc2c(c1)OC[C@H](C)N(C(C)=O)C[C@@H](C)[C@@H](OC)CN(C)C2=O. The first-order valence-electron chi connectivity index (χ1n) is 11.9. The fraction of sp³-hybridized carbons (Fsp3) is 0.444. The van der Waals surface area contributed by atoms with Crippen molar-refractivity contribution in [1.82, 2.24) is 9.80 Å². The number of amides is 3. The van der Waals surface area contributed by atoms with Crippen LogP contribution < -0.4 is 14.8 Å². The Morgan fingerprint density at radius 2 is 1.81 bits per heavy atom. The Bertz CT molecular complexity index is 1100. The van der Waals surface area contributed by atoms with Crippen molar-refractivity contribution >= 4 is 23.4 Å². The van der Waals surface area contributed by atoms with Gasteiger partial charge in [-0.1, -0.05) is 19.1 Å². The van der Waals surface area contributed by atoms with Crippen molar-refractivity contribution in [3.8, 4) is 11.5 Å². The molecule has 3 atom stereocenters. The number of ether oxygens (including phenoxy) is 3. The van der Waals surface area contributed by atoms with Crippen molar-refractivity contribution < 1.29 is 28.6 Å². The fourth-order valence-electron chi connectivity index (χ4n) is 4.32. The second kappa shape index (κ2) is 11.9. The number of nitrogens with one attached hydrogen (secondary N) is 1. The van der Waals surface area contributed by atoms with Crippen LogP contribution in [0.2, 0.25) is 0 Å². The molecular weight excluding hydrogens is 462 g/mol. The van der Waals surface area contributed by atoms with E-state index in [9.17, 15) is 14.4 Å². The fourth-order valence-corrected chi connectivity index (χ4v) is 4.32. The molecule has 2 aromatic carbocycles. The maximum atomic E-state index is 13.3. The van der Waals surface area contributed by atoms with E-state index in [1.54, 1.807) is 66.4 Å². The lowest BCUT2D eigenvalue weighted by atomic mass is 10.0. The first-order valence-corrected chi connectivity index (χ1v) is 11.9.